The van der Waals surface area contributed by atoms with Crippen LogP contribution < -0.4 is 16.2 Å². The van der Waals surface area contributed by atoms with E-state index >= 15 is 0 Å². The topological polar surface area (TPSA) is 54.8 Å². The quantitative estimate of drug-likeness (QED) is 0.773. The molecular weight excluding hydrogens is 322 g/mol. The van der Waals surface area contributed by atoms with Crippen LogP contribution in [0.15, 0.2) is 64.5 Å². The van der Waals surface area contributed by atoms with E-state index in [2.05, 4.69) is 11.6 Å². The van der Waals surface area contributed by atoms with Gasteiger partial charge in [0.25, 0.3) is 0 Å². The lowest BCUT2D eigenvalue weighted by atomic mass is 10.1. The van der Waals surface area contributed by atoms with Crippen LogP contribution in [0.1, 0.15) is 5.56 Å². The van der Waals surface area contributed by atoms with Crippen LogP contribution >= 0.6 is 11.6 Å². The van der Waals surface area contributed by atoms with Gasteiger partial charge >= 0.3 is 0 Å². The van der Waals surface area contributed by atoms with Crippen molar-refractivity contribution in [1.82, 2.24) is 0 Å². The van der Waals surface area contributed by atoms with Crippen molar-refractivity contribution in [2.45, 2.75) is 0 Å². The van der Waals surface area contributed by atoms with Gasteiger partial charge in [-0.15, -0.1) is 0 Å². The molecule has 122 valence electrons. The average molecular weight is 340 g/mol. The van der Waals surface area contributed by atoms with Crippen molar-refractivity contribution in [2.24, 2.45) is 10.7 Å². The van der Waals surface area contributed by atoms with Gasteiger partial charge in [-0.3, -0.25) is 0 Å². The number of hydrogen-bond donors (Lipinski definition) is 1. The molecule has 24 heavy (non-hydrogen) atoms. The largest absolute Gasteiger partial charge is 0.438 e. The fourth-order valence-corrected chi connectivity index (χ4v) is 2.54. The van der Waals surface area contributed by atoms with Crippen molar-refractivity contribution < 1.29 is 4.42 Å². The first-order chi connectivity index (χ1) is 11.4. The zero-order valence-electron chi connectivity index (χ0n) is 13.6. The number of rotatable bonds is 3. The van der Waals surface area contributed by atoms with Crippen molar-refractivity contribution >= 4 is 39.6 Å². The molecule has 4 nitrogen and oxygen atoms in total. The van der Waals surface area contributed by atoms with E-state index in [9.17, 15) is 0 Å². The van der Waals surface area contributed by atoms with Gasteiger partial charge in [-0.25, -0.2) is 4.99 Å². The first-order valence-electron chi connectivity index (χ1n) is 7.44. The average Bonchev–Trinajstić information content (AvgIpc) is 2.54. The van der Waals surface area contributed by atoms with E-state index in [1.807, 2.05) is 61.5 Å². The first-order valence-corrected chi connectivity index (χ1v) is 7.82. The highest BCUT2D eigenvalue weighted by Gasteiger charge is 2.06. The van der Waals surface area contributed by atoms with Crippen molar-refractivity contribution in [3.05, 3.63) is 71.2 Å². The highest BCUT2D eigenvalue weighted by molar-refractivity contribution is 6.31. The van der Waals surface area contributed by atoms with E-state index in [1.165, 1.54) is 0 Å². The molecule has 0 aliphatic carbocycles. The normalized spacial score (nSPS) is 11.7. The highest BCUT2D eigenvalue weighted by Crippen LogP contribution is 2.21. The molecule has 2 aromatic carbocycles. The van der Waals surface area contributed by atoms with Gasteiger partial charge in [0.05, 0.1) is 11.3 Å². The predicted octanol–water partition coefficient (Wildman–Crippen LogP) is 4.31. The van der Waals surface area contributed by atoms with Gasteiger partial charge in [0.15, 0.2) is 0 Å². The molecule has 1 aromatic heterocycles. The molecule has 0 bridgehead atoms. The number of fused-ring (bicyclic) bond motifs is 1. The van der Waals surface area contributed by atoms with Crippen LogP contribution in [0.5, 0.6) is 0 Å². The first kappa shape index (κ1) is 16.1. The van der Waals surface area contributed by atoms with E-state index in [-0.39, 0.29) is 0 Å². The molecule has 0 saturated heterocycles. The Morgan fingerprint density at radius 1 is 1.12 bits per heavy atom. The molecule has 0 aliphatic heterocycles. The molecule has 0 saturated carbocycles. The van der Waals surface area contributed by atoms with Crippen molar-refractivity contribution in [3.63, 3.8) is 0 Å². The molecule has 0 aliphatic rings. The predicted molar refractivity (Wildman–Crippen MR) is 100 cm³/mol. The van der Waals surface area contributed by atoms with E-state index in [1.54, 1.807) is 6.07 Å². The third-order valence-corrected chi connectivity index (χ3v) is 3.89. The number of halogens is 1. The second-order valence-electron chi connectivity index (χ2n) is 5.70. The summed E-state index contributed by atoms with van der Waals surface area (Å²) < 4.78 is 5.91. The SMILES string of the molecule is C=C(N)c1cc2cc(Cl)ccc2oc1=Nc1ccc(N(C)C)cc1. The van der Waals surface area contributed by atoms with E-state index in [4.69, 9.17) is 21.8 Å². The van der Waals surface area contributed by atoms with Gasteiger partial charge in [0.2, 0.25) is 5.55 Å². The molecular formula is C19H18ClN3O. The van der Waals surface area contributed by atoms with Gasteiger partial charge < -0.3 is 15.1 Å². The molecule has 5 heteroatoms. The second kappa shape index (κ2) is 6.42. The molecule has 2 N–H and O–H groups in total. The molecule has 0 atom stereocenters. The maximum absolute atomic E-state index is 6.04. The molecule has 0 amide bonds. The number of hydrogen-bond acceptors (Lipinski definition) is 4. The summed E-state index contributed by atoms with van der Waals surface area (Å²) in [6.07, 6.45) is 0. The monoisotopic (exact) mass is 339 g/mol. The zero-order chi connectivity index (χ0) is 17.3. The van der Waals surface area contributed by atoms with Crippen LogP contribution in [0.2, 0.25) is 5.02 Å². The maximum atomic E-state index is 6.04. The molecule has 3 aromatic rings. The lowest BCUT2D eigenvalue weighted by Gasteiger charge is -2.11. The second-order valence-corrected chi connectivity index (χ2v) is 6.13. The third-order valence-electron chi connectivity index (χ3n) is 3.65. The van der Waals surface area contributed by atoms with E-state index < -0.39 is 0 Å². The van der Waals surface area contributed by atoms with Crippen molar-refractivity contribution in [1.29, 1.82) is 0 Å². The van der Waals surface area contributed by atoms with Crippen LogP contribution in [0.25, 0.3) is 16.7 Å². The smallest absolute Gasteiger partial charge is 0.229 e. The Balaban J connectivity index is 2.17. The van der Waals surface area contributed by atoms with Gasteiger partial charge in [0, 0.05) is 35.9 Å². The molecule has 0 radical (unpaired) electrons. The lowest BCUT2D eigenvalue weighted by molar-refractivity contribution is 0.542. The zero-order valence-corrected chi connectivity index (χ0v) is 14.3. The summed E-state index contributed by atoms with van der Waals surface area (Å²) in [6, 6.07) is 15.2. The summed E-state index contributed by atoms with van der Waals surface area (Å²) in [5.41, 5.74) is 9.95. The molecule has 1 heterocycles. The minimum Gasteiger partial charge on any atom is -0.438 e. The standard InChI is InChI=1S/C19H18ClN3O/c1-12(21)17-11-13-10-14(20)4-9-18(13)24-19(17)22-15-5-7-16(8-6-15)23(2)3/h4-11H,1,21H2,2-3H3. The third kappa shape index (κ3) is 3.29. The van der Waals surface area contributed by atoms with Gasteiger partial charge in [-0.2, -0.15) is 0 Å². The Bertz CT molecular complexity index is 972. The minimum atomic E-state index is 0.393. The van der Waals surface area contributed by atoms with E-state index in [0.717, 1.165) is 16.8 Å². The summed E-state index contributed by atoms with van der Waals surface area (Å²) in [4.78, 5) is 6.61. The van der Waals surface area contributed by atoms with Gasteiger partial charge in [-0.05, 0) is 48.5 Å². The van der Waals surface area contributed by atoms with E-state index in [0.29, 0.717) is 27.4 Å². The van der Waals surface area contributed by atoms with Crippen LogP contribution in [0.4, 0.5) is 11.4 Å². The van der Waals surface area contributed by atoms with Gasteiger partial charge in [0.1, 0.15) is 5.58 Å². The van der Waals surface area contributed by atoms with Crippen LogP contribution in [0, 0.1) is 0 Å². The molecule has 0 spiro atoms. The number of benzene rings is 2. The highest BCUT2D eigenvalue weighted by atomic mass is 35.5. The molecule has 0 fully saturated rings. The summed E-state index contributed by atoms with van der Waals surface area (Å²) in [5.74, 6) is 0. The summed E-state index contributed by atoms with van der Waals surface area (Å²) >= 11 is 6.04. The number of nitrogens with zero attached hydrogens (tertiary/aromatic N) is 2. The Morgan fingerprint density at radius 2 is 1.83 bits per heavy atom. The fourth-order valence-electron chi connectivity index (χ4n) is 2.36. The Hall–Kier alpha value is -2.72. The molecule has 3 rings (SSSR count). The van der Waals surface area contributed by atoms with Crippen molar-refractivity contribution in [2.75, 3.05) is 19.0 Å². The number of nitrogens with two attached hydrogens (primary N) is 1. The van der Waals surface area contributed by atoms with Crippen molar-refractivity contribution in [3.8, 4) is 0 Å². The Kier molecular flexibility index (Phi) is 4.32. The Labute approximate surface area is 145 Å². The van der Waals surface area contributed by atoms with Crippen LogP contribution in [0.3, 0.4) is 0 Å². The minimum absolute atomic E-state index is 0.393. The van der Waals surface area contributed by atoms with Crippen LogP contribution in [-0.2, 0) is 0 Å². The summed E-state index contributed by atoms with van der Waals surface area (Å²) in [6.45, 7) is 3.81. The summed E-state index contributed by atoms with van der Waals surface area (Å²) in [7, 11) is 3.99. The Morgan fingerprint density at radius 3 is 2.46 bits per heavy atom. The fraction of sp³-hybridized carbons (Fsp3) is 0.105. The maximum Gasteiger partial charge on any atom is 0.229 e. The number of anilines is 1. The van der Waals surface area contributed by atoms with Gasteiger partial charge in [-0.1, -0.05) is 18.2 Å². The molecule has 0 unspecified atom stereocenters. The summed E-state index contributed by atoms with van der Waals surface area (Å²) in [5, 5.41) is 1.49. The lowest BCUT2D eigenvalue weighted by Crippen LogP contribution is -2.12. The van der Waals surface area contributed by atoms with Crippen LogP contribution in [-0.4, -0.2) is 14.1 Å².